The van der Waals surface area contributed by atoms with E-state index in [2.05, 4.69) is 0 Å². The molecule has 0 spiro atoms. The average Bonchev–Trinajstić information content (AvgIpc) is 2.89. The molecule has 0 aliphatic carbocycles. The fourth-order valence-corrected chi connectivity index (χ4v) is 4.33. The molecule has 0 saturated heterocycles. The molecule has 1 aliphatic heterocycles. The summed E-state index contributed by atoms with van der Waals surface area (Å²) in [5, 5.41) is 0.544. The maximum atomic E-state index is 13.2. The quantitative estimate of drug-likeness (QED) is 0.356. The van der Waals surface area contributed by atoms with Gasteiger partial charge in [0.25, 0.3) is 5.91 Å². The van der Waals surface area contributed by atoms with Gasteiger partial charge in [0.2, 0.25) is 0 Å². The normalized spacial score (nSPS) is 15.1. The van der Waals surface area contributed by atoms with Crippen LogP contribution < -0.4 is 18.9 Å². The lowest BCUT2D eigenvalue weighted by Crippen LogP contribution is -2.44. The summed E-state index contributed by atoms with van der Waals surface area (Å²) in [7, 11) is 3.04. The van der Waals surface area contributed by atoms with Gasteiger partial charge in [0.1, 0.15) is 18.1 Å². The molecule has 4 rings (SSSR count). The molecule has 0 aromatic heterocycles. The van der Waals surface area contributed by atoms with E-state index in [9.17, 15) is 18.0 Å². The summed E-state index contributed by atoms with van der Waals surface area (Å²) in [4.78, 5) is 14.9. The van der Waals surface area contributed by atoms with Gasteiger partial charge >= 0.3 is 6.18 Å². The van der Waals surface area contributed by atoms with E-state index in [0.29, 0.717) is 35.2 Å². The molecule has 10 heteroatoms. The molecular weight excluding hydrogens is 511 g/mol. The lowest BCUT2D eigenvalue weighted by molar-refractivity contribution is -0.137. The molecule has 1 heterocycles. The highest BCUT2D eigenvalue weighted by Crippen LogP contribution is 2.39. The number of carbonyl (C=O) groups excluding carboxylic acids is 1. The number of benzene rings is 3. The van der Waals surface area contributed by atoms with Crippen LogP contribution in [0.25, 0.3) is 0 Å². The van der Waals surface area contributed by atoms with Crippen molar-refractivity contribution in [3.63, 3.8) is 0 Å². The standard InChI is InChI=1S/C27H25ClF3NO5/c1-34-24-12-17-10-11-32(26(33)16-37-20-8-6-19(28)7-9-20)23(22(17)14-25(24)35-2)15-36-21-5-3-4-18(13-21)27(29,30)31/h3-9,12-14,23H,10-11,15-16H2,1-2H3. The van der Waals surface area contributed by atoms with Crippen molar-refractivity contribution in [2.24, 2.45) is 0 Å². The van der Waals surface area contributed by atoms with Crippen molar-refractivity contribution in [1.82, 2.24) is 4.90 Å². The van der Waals surface area contributed by atoms with Crippen molar-refractivity contribution in [3.8, 4) is 23.0 Å². The summed E-state index contributed by atoms with van der Waals surface area (Å²) >= 11 is 5.90. The molecular formula is C27H25ClF3NO5. The Hall–Kier alpha value is -3.59. The van der Waals surface area contributed by atoms with E-state index in [4.69, 9.17) is 30.5 Å². The lowest BCUT2D eigenvalue weighted by atomic mass is 9.92. The van der Waals surface area contributed by atoms with Gasteiger partial charge in [-0.1, -0.05) is 17.7 Å². The lowest BCUT2D eigenvalue weighted by Gasteiger charge is -2.37. The molecule has 196 valence electrons. The largest absolute Gasteiger partial charge is 0.493 e. The number of fused-ring (bicyclic) bond motifs is 1. The van der Waals surface area contributed by atoms with E-state index in [-0.39, 0.29) is 24.9 Å². The van der Waals surface area contributed by atoms with Crippen LogP contribution in [-0.2, 0) is 17.4 Å². The second-order valence-electron chi connectivity index (χ2n) is 8.34. The molecule has 3 aromatic carbocycles. The maximum Gasteiger partial charge on any atom is 0.416 e. The van der Waals surface area contributed by atoms with Crippen molar-refractivity contribution in [2.45, 2.75) is 18.6 Å². The maximum absolute atomic E-state index is 13.2. The first-order chi connectivity index (χ1) is 17.7. The van der Waals surface area contributed by atoms with Crippen LogP contribution in [-0.4, -0.2) is 44.8 Å². The molecule has 0 radical (unpaired) electrons. The van der Waals surface area contributed by atoms with Gasteiger partial charge < -0.3 is 23.8 Å². The van der Waals surface area contributed by atoms with Crippen LogP contribution in [0.4, 0.5) is 13.2 Å². The first-order valence-corrected chi connectivity index (χ1v) is 11.8. The minimum atomic E-state index is -4.50. The fourth-order valence-electron chi connectivity index (χ4n) is 4.20. The molecule has 1 amide bonds. The number of halogens is 4. The Morgan fingerprint density at radius 3 is 2.35 bits per heavy atom. The van der Waals surface area contributed by atoms with Gasteiger partial charge in [-0.2, -0.15) is 13.2 Å². The Balaban J connectivity index is 1.60. The Morgan fingerprint density at radius 2 is 1.68 bits per heavy atom. The van der Waals surface area contributed by atoms with Gasteiger partial charge in [-0.25, -0.2) is 0 Å². The Morgan fingerprint density at radius 1 is 0.973 bits per heavy atom. The van der Waals surface area contributed by atoms with Crippen molar-refractivity contribution in [2.75, 3.05) is 34.0 Å². The van der Waals surface area contributed by atoms with Gasteiger partial charge in [0, 0.05) is 11.6 Å². The van der Waals surface area contributed by atoms with Crippen LogP contribution >= 0.6 is 11.6 Å². The third-order valence-corrected chi connectivity index (χ3v) is 6.32. The minimum absolute atomic E-state index is 0.0484. The number of alkyl halides is 3. The Bertz CT molecular complexity index is 1250. The fraction of sp³-hybridized carbons (Fsp3) is 0.296. The zero-order chi connectivity index (χ0) is 26.6. The van der Waals surface area contributed by atoms with Crippen molar-refractivity contribution >= 4 is 17.5 Å². The number of ether oxygens (including phenoxy) is 4. The third-order valence-electron chi connectivity index (χ3n) is 6.07. The molecule has 3 aromatic rings. The van der Waals surface area contributed by atoms with Gasteiger partial charge in [-0.15, -0.1) is 0 Å². The van der Waals surface area contributed by atoms with E-state index >= 15 is 0 Å². The van der Waals surface area contributed by atoms with Crippen LogP contribution in [0.5, 0.6) is 23.0 Å². The third kappa shape index (κ3) is 6.22. The van der Waals surface area contributed by atoms with E-state index in [1.165, 1.54) is 26.4 Å². The number of rotatable bonds is 8. The molecule has 1 atom stereocenters. The Kier molecular flexibility index (Phi) is 8.02. The molecule has 1 aliphatic rings. The second kappa shape index (κ2) is 11.2. The predicted molar refractivity (Wildman–Crippen MR) is 132 cm³/mol. The van der Waals surface area contributed by atoms with Crippen LogP contribution in [0.2, 0.25) is 5.02 Å². The minimum Gasteiger partial charge on any atom is -0.493 e. The highest BCUT2D eigenvalue weighted by molar-refractivity contribution is 6.30. The van der Waals surface area contributed by atoms with E-state index in [1.807, 2.05) is 6.07 Å². The van der Waals surface area contributed by atoms with Crippen molar-refractivity contribution in [1.29, 1.82) is 0 Å². The van der Waals surface area contributed by atoms with E-state index in [0.717, 1.165) is 23.3 Å². The molecule has 6 nitrogen and oxygen atoms in total. The number of nitrogens with zero attached hydrogens (tertiary/aromatic N) is 1. The smallest absolute Gasteiger partial charge is 0.416 e. The second-order valence-corrected chi connectivity index (χ2v) is 8.77. The monoisotopic (exact) mass is 535 g/mol. The molecule has 1 unspecified atom stereocenters. The number of hydrogen-bond acceptors (Lipinski definition) is 5. The summed E-state index contributed by atoms with van der Waals surface area (Å²) in [5.74, 6) is 1.25. The first kappa shape index (κ1) is 26.5. The summed E-state index contributed by atoms with van der Waals surface area (Å²) in [6, 6.07) is 14.3. The SMILES string of the molecule is COc1cc2c(cc1OC)C(COc1cccc(C(F)(F)F)c1)N(C(=O)COc1ccc(Cl)cc1)CC2. The van der Waals surface area contributed by atoms with Crippen LogP contribution in [0.15, 0.2) is 60.7 Å². The van der Waals surface area contributed by atoms with Crippen molar-refractivity contribution in [3.05, 3.63) is 82.4 Å². The molecule has 0 bridgehead atoms. The summed E-state index contributed by atoms with van der Waals surface area (Å²) in [5.41, 5.74) is 0.874. The topological polar surface area (TPSA) is 57.2 Å². The van der Waals surface area contributed by atoms with Gasteiger partial charge in [0.15, 0.2) is 18.1 Å². The molecule has 0 saturated carbocycles. The molecule has 37 heavy (non-hydrogen) atoms. The van der Waals surface area contributed by atoms with Crippen molar-refractivity contribution < 1.29 is 36.9 Å². The van der Waals surface area contributed by atoms with Crippen LogP contribution in [0, 0.1) is 0 Å². The Labute approximate surface area is 217 Å². The van der Waals surface area contributed by atoms with Gasteiger partial charge in [-0.3, -0.25) is 4.79 Å². The van der Waals surface area contributed by atoms with Gasteiger partial charge in [-0.05, 0) is 72.1 Å². The van der Waals surface area contributed by atoms with Gasteiger partial charge in [0.05, 0.1) is 25.8 Å². The number of carbonyl (C=O) groups is 1. The molecule has 0 fully saturated rings. The summed E-state index contributed by atoms with van der Waals surface area (Å²) in [6.45, 7) is 0.0582. The number of methoxy groups -OCH3 is 2. The summed E-state index contributed by atoms with van der Waals surface area (Å²) in [6.07, 6.45) is -3.95. The molecule has 0 N–H and O–H groups in total. The number of amides is 1. The average molecular weight is 536 g/mol. The predicted octanol–water partition coefficient (Wildman–Crippen LogP) is 5.96. The van der Waals surface area contributed by atoms with Crippen LogP contribution in [0.1, 0.15) is 22.7 Å². The first-order valence-electron chi connectivity index (χ1n) is 11.4. The van der Waals surface area contributed by atoms with E-state index in [1.54, 1.807) is 35.2 Å². The summed E-state index contributed by atoms with van der Waals surface area (Å²) < 4.78 is 61.8. The zero-order valence-electron chi connectivity index (χ0n) is 20.2. The van der Waals surface area contributed by atoms with Crippen LogP contribution in [0.3, 0.4) is 0 Å². The van der Waals surface area contributed by atoms with E-state index < -0.39 is 17.8 Å². The highest BCUT2D eigenvalue weighted by atomic mass is 35.5. The zero-order valence-corrected chi connectivity index (χ0v) is 20.9. The highest BCUT2D eigenvalue weighted by Gasteiger charge is 2.34. The number of hydrogen-bond donors (Lipinski definition) is 0.